The Balaban J connectivity index is 2.62. The van der Waals surface area contributed by atoms with E-state index >= 15 is 0 Å². The molecule has 0 aliphatic carbocycles. The Morgan fingerprint density at radius 1 is 1.30 bits per heavy atom. The molecule has 1 aliphatic rings. The number of hydrogen-bond donors (Lipinski definition) is 0. The van der Waals surface area contributed by atoms with Crippen LogP contribution >= 0.6 is 11.8 Å². The van der Waals surface area contributed by atoms with E-state index in [2.05, 4.69) is 9.47 Å². The molecule has 1 rings (SSSR count). The molecular formula is C12H19NO6S. The topological polar surface area (TPSA) is 82.1 Å². The molecule has 0 spiro atoms. The summed E-state index contributed by atoms with van der Waals surface area (Å²) in [6.45, 7) is 6.92. The molecule has 7 nitrogen and oxygen atoms in total. The minimum Gasteiger partial charge on any atom is -0.444 e. The van der Waals surface area contributed by atoms with E-state index in [1.54, 1.807) is 27.7 Å². The summed E-state index contributed by atoms with van der Waals surface area (Å²) < 4.78 is 14.3. The highest BCUT2D eigenvalue weighted by Crippen LogP contribution is 2.24. The summed E-state index contributed by atoms with van der Waals surface area (Å²) in [7, 11) is 0. The van der Waals surface area contributed by atoms with Crippen molar-refractivity contribution in [1.82, 2.24) is 4.90 Å². The maximum absolute atomic E-state index is 12.0. The highest BCUT2D eigenvalue weighted by atomic mass is 32.2. The zero-order valence-corrected chi connectivity index (χ0v) is 12.8. The van der Waals surface area contributed by atoms with E-state index in [0.717, 1.165) is 0 Å². The molecule has 1 aliphatic heterocycles. The third-order valence-corrected chi connectivity index (χ3v) is 3.24. The van der Waals surface area contributed by atoms with Crippen LogP contribution in [0.5, 0.6) is 0 Å². The molecule has 114 valence electrons. The van der Waals surface area contributed by atoms with Crippen LogP contribution in [0.4, 0.5) is 9.59 Å². The van der Waals surface area contributed by atoms with Crippen molar-refractivity contribution in [2.75, 3.05) is 18.2 Å². The first-order chi connectivity index (χ1) is 9.24. The SMILES string of the molecule is CCOC(=O)OC(=O)C1CSCN1C(=O)OC(C)(C)C. The summed E-state index contributed by atoms with van der Waals surface area (Å²) in [5.74, 6) is -0.131. The van der Waals surface area contributed by atoms with Crippen LogP contribution in [0.2, 0.25) is 0 Å². The van der Waals surface area contributed by atoms with E-state index in [9.17, 15) is 14.4 Å². The van der Waals surface area contributed by atoms with E-state index in [4.69, 9.17) is 4.74 Å². The van der Waals surface area contributed by atoms with Gasteiger partial charge in [-0.1, -0.05) is 0 Å². The molecule has 0 bridgehead atoms. The van der Waals surface area contributed by atoms with Gasteiger partial charge in [-0.15, -0.1) is 11.8 Å². The van der Waals surface area contributed by atoms with Gasteiger partial charge < -0.3 is 14.2 Å². The molecule has 1 unspecified atom stereocenters. The van der Waals surface area contributed by atoms with E-state index in [1.165, 1.54) is 16.7 Å². The number of ether oxygens (including phenoxy) is 3. The average molecular weight is 305 g/mol. The fourth-order valence-electron chi connectivity index (χ4n) is 1.44. The Morgan fingerprint density at radius 2 is 1.95 bits per heavy atom. The Labute approximate surface area is 121 Å². The van der Waals surface area contributed by atoms with Gasteiger partial charge in [0.2, 0.25) is 0 Å². The molecule has 1 amide bonds. The second-order valence-corrected chi connectivity index (χ2v) is 6.07. The van der Waals surface area contributed by atoms with Gasteiger partial charge >= 0.3 is 18.2 Å². The van der Waals surface area contributed by atoms with Crippen LogP contribution in [0.25, 0.3) is 0 Å². The number of carbonyl (C=O) groups is 3. The Bertz CT molecular complexity index is 392. The first kappa shape index (κ1) is 16.6. The molecule has 8 heteroatoms. The van der Waals surface area contributed by atoms with E-state index in [1.807, 2.05) is 0 Å². The molecule has 1 heterocycles. The summed E-state index contributed by atoms with van der Waals surface area (Å²) in [6, 6.07) is -0.834. The number of nitrogens with zero attached hydrogens (tertiary/aromatic N) is 1. The second kappa shape index (κ2) is 6.83. The Morgan fingerprint density at radius 3 is 2.50 bits per heavy atom. The lowest BCUT2D eigenvalue weighted by atomic mass is 10.2. The van der Waals surface area contributed by atoms with Gasteiger partial charge in [-0.05, 0) is 27.7 Å². The lowest BCUT2D eigenvalue weighted by Gasteiger charge is -2.26. The summed E-state index contributed by atoms with van der Waals surface area (Å²) in [5, 5.41) is 0. The van der Waals surface area contributed by atoms with E-state index in [-0.39, 0.29) is 6.61 Å². The number of rotatable bonds is 2. The van der Waals surface area contributed by atoms with Gasteiger partial charge in [0, 0.05) is 5.75 Å². The third kappa shape index (κ3) is 4.92. The summed E-state index contributed by atoms with van der Waals surface area (Å²) in [6.07, 6.45) is -1.66. The van der Waals surface area contributed by atoms with Gasteiger partial charge in [0.15, 0.2) is 0 Å². The first-order valence-corrected chi connectivity index (χ1v) is 7.36. The predicted octanol–water partition coefficient (Wildman–Crippen LogP) is 2.00. The van der Waals surface area contributed by atoms with Crippen LogP contribution in [-0.2, 0) is 19.0 Å². The highest BCUT2D eigenvalue weighted by Gasteiger charge is 2.39. The number of amides is 1. The first-order valence-electron chi connectivity index (χ1n) is 6.20. The molecule has 0 aromatic rings. The van der Waals surface area contributed by atoms with Crippen LogP contribution in [0, 0.1) is 0 Å². The molecule has 1 atom stereocenters. The fraction of sp³-hybridized carbons (Fsp3) is 0.750. The molecule has 1 saturated heterocycles. The molecular weight excluding hydrogens is 286 g/mol. The van der Waals surface area contributed by atoms with Crippen molar-refractivity contribution < 1.29 is 28.6 Å². The van der Waals surface area contributed by atoms with Crippen molar-refractivity contribution in [3.05, 3.63) is 0 Å². The minimum atomic E-state index is -1.06. The predicted molar refractivity (Wildman–Crippen MR) is 72.3 cm³/mol. The van der Waals surface area contributed by atoms with Crippen molar-refractivity contribution in [3.8, 4) is 0 Å². The fourth-order valence-corrected chi connectivity index (χ4v) is 2.56. The van der Waals surface area contributed by atoms with Crippen molar-refractivity contribution in [3.63, 3.8) is 0 Å². The average Bonchev–Trinajstić information content (AvgIpc) is 2.75. The van der Waals surface area contributed by atoms with Gasteiger partial charge in [0.1, 0.15) is 11.6 Å². The number of carbonyl (C=O) groups excluding carboxylic acids is 3. The normalized spacial score (nSPS) is 18.6. The number of esters is 1. The molecule has 1 fully saturated rings. The van der Waals surface area contributed by atoms with E-state index < -0.39 is 29.9 Å². The summed E-state index contributed by atoms with van der Waals surface area (Å²) in [4.78, 5) is 36.1. The zero-order valence-electron chi connectivity index (χ0n) is 12.0. The van der Waals surface area contributed by atoms with Crippen LogP contribution in [0.1, 0.15) is 27.7 Å². The standard InChI is InChI=1S/C12H19NO6S/c1-5-17-11(16)18-9(14)8-6-20-7-13(8)10(15)19-12(2,3)4/h8H,5-7H2,1-4H3. The van der Waals surface area contributed by atoms with Crippen LogP contribution < -0.4 is 0 Å². The van der Waals surface area contributed by atoms with E-state index in [0.29, 0.717) is 11.6 Å². The molecule has 0 N–H and O–H groups in total. The van der Waals surface area contributed by atoms with Gasteiger partial charge in [0.25, 0.3) is 0 Å². The highest BCUT2D eigenvalue weighted by molar-refractivity contribution is 7.99. The van der Waals surface area contributed by atoms with Gasteiger partial charge in [-0.3, -0.25) is 4.90 Å². The lowest BCUT2D eigenvalue weighted by Crippen LogP contribution is -2.45. The van der Waals surface area contributed by atoms with Crippen LogP contribution in [-0.4, -0.2) is 53.0 Å². The second-order valence-electron chi connectivity index (χ2n) is 5.07. The molecule has 20 heavy (non-hydrogen) atoms. The smallest absolute Gasteiger partial charge is 0.444 e. The Hall–Kier alpha value is -1.44. The molecule has 0 aromatic carbocycles. The number of thioether (sulfide) groups is 1. The summed E-state index contributed by atoms with van der Waals surface area (Å²) in [5.41, 5.74) is -0.653. The van der Waals surface area contributed by atoms with Crippen molar-refractivity contribution >= 4 is 30.0 Å². The summed E-state index contributed by atoms with van der Waals surface area (Å²) >= 11 is 1.39. The van der Waals surface area contributed by atoms with Crippen molar-refractivity contribution in [2.24, 2.45) is 0 Å². The Kier molecular flexibility index (Phi) is 5.67. The lowest BCUT2D eigenvalue weighted by molar-refractivity contribution is -0.144. The minimum absolute atomic E-state index is 0.112. The third-order valence-electron chi connectivity index (χ3n) is 2.23. The van der Waals surface area contributed by atoms with Gasteiger partial charge in [-0.2, -0.15) is 0 Å². The van der Waals surface area contributed by atoms with Crippen molar-refractivity contribution in [2.45, 2.75) is 39.3 Å². The maximum atomic E-state index is 12.0. The molecule has 0 saturated carbocycles. The monoisotopic (exact) mass is 305 g/mol. The quantitative estimate of drug-likeness (QED) is 0.570. The van der Waals surface area contributed by atoms with Crippen LogP contribution in [0.3, 0.4) is 0 Å². The largest absolute Gasteiger partial charge is 0.516 e. The zero-order chi connectivity index (χ0) is 15.3. The number of hydrogen-bond acceptors (Lipinski definition) is 7. The van der Waals surface area contributed by atoms with Crippen molar-refractivity contribution in [1.29, 1.82) is 0 Å². The van der Waals surface area contributed by atoms with Crippen LogP contribution in [0.15, 0.2) is 0 Å². The van der Waals surface area contributed by atoms with Gasteiger partial charge in [0.05, 0.1) is 12.5 Å². The van der Waals surface area contributed by atoms with Gasteiger partial charge in [-0.25, -0.2) is 14.4 Å². The maximum Gasteiger partial charge on any atom is 0.516 e. The molecule has 0 aromatic heterocycles. The molecule has 0 radical (unpaired) electrons.